The van der Waals surface area contributed by atoms with Crippen molar-refractivity contribution in [3.8, 4) is 5.75 Å². The maximum Gasteiger partial charge on any atom is 0.341 e. The van der Waals surface area contributed by atoms with E-state index in [1.54, 1.807) is 72.8 Å². The Hall–Kier alpha value is -5.93. The van der Waals surface area contributed by atoms with Crippen molar-refractivity contribution >= 4 is 74.5 Å². The van der Waals surface area contributed by atoms with E-state index in [4.69, 9.17) is 60.0 Å². The molecule has 1 fully saturated rings. The molecule has 1 saturated carbocycles. The number of aryl methyl sites for hydroxylation is 2. The lowest BCUT2D eigenvalue weighted by molar-refractivity contribution is -0.144. The van der Waals surface area contributed by atoms with Gasteiger partial charge in [-0.1, -0.05) is 132 Å². The van der Waals surface area contributed by atoms with Crippen molar-refractivity contribution in [2.24, 2.45) is 0 Å². The highest BCUT2D eigenvalue weighted by Gasteiger charge is 2.42. The first-order chi connectivity index (χ1) is 30.6. The minimum atomic E-state index is -3.44. The molecule has 0 amide bonds. The molecule has 0 aliphatic heterocycles. The lowest BCUT2D eigenvalue weighted by Gasteiger charge is -2.24. The third-order valence-electron chi connectivity index (χ3n) is 9.55. The Balaban J connectivity index is 0.000000280. The van der Waals surface area contributed by atoms with E-state index >= 15 is 0 Å². The van der Waals surface area contributed by atoms with Crippen LogP contribution in [0.1, 0.15) is 84.0 Å². The summed E-state index contributed by atoms with van der Waals surface area (Å²) >= 11 is 16.9. The Morgan fingerprint density at radius 1 is 0.662 bits per heavy atom. The second-order valence-electron chi connectivity index (χ2n) is 14.7. The first-order valence-electron chi connectivity index (χ1n) is 19.9. The van der Waals surface area contributed by atoms with E-state index in [0.717, 1.165) is 47.9 Å². The van der Waals surface area contributed by atoms with E-state index in [1.165, 1.54) is 12.1 Å². The fourth-order valence-corrected chi connectivity index (χ4v) is 7.95. The van der Waals surface area contributed by atoms with E-state index in [9.17, 15) is 37.5 Å². The number of hydrogen-bond donors (Lipinski definition) is 5. The molecule has 6 rings (SSSR count). The summed E-state index contributed by atoms with van der Waals surface area (Å²) in [6, 6.07) is 34.5. The van der Waals surface area contributed by atoms with Crippen molar-refractivity contribution in [3.63, 3.8) is 0 Å². The monoisotopic (exact) mass is 972 g/mol. The molecular weight excluding hydrogens is 923 g/mol. The molecule has 5 aromatic rings. The van der Waals surface area contributed by atoms with Gasteiger partial charge in [0.2, 0.25) is 0 Å². The molecule has 0 saturated heterocycles. The number of sulfone groups is 1. The molecule has 0 bridgehead atoms. The van der Waals surface area contributed by atoms with Gasteiger partial charge in [0, 0.05) is 10.0 Å². The van der Waals surface area contributed by atoms with Crippen LogP contribution in [0.5, 0.6) is 5.75 Å². The van der Waals surface area contributed by atoms with Crippen LogP contribution in [0.2, 0.25) is 15.1 Å². The van der Waals surface area contributed by atoms with Gasteiger partial charge >= 0.3 is 29.8 Å². The molecule has 1 aliphatic rings. The molecule has 17 heteroatoms. The number of ether oxygens (including phenoxy) is 1. The lowest BCUT2D eigenvalue weighted by Crippen LogP contribution is -2.32. The molecule has 0 spiro atoms. The molecular formula is C48H51Cl3O13S. The van der Waals surface area contributed by atoms with Gasteiger partial charge in [-0.15, -0.1) is 0 Å². The normalized spacial score (nSPS) is 12.6. The third-order valence-corrected chi connectivity index (χ3v) is 12.1. The highest BCUT2D eigenvalue weighted by atomic mass is 35.5. The number of hydrogen-bond acceptors (Lipinski definition) is 8. The Kier molecular flexibility index (Phi) is 23.3. The van der Waals surface area contributed by atoms with Gasteiger partial charge in [0.1, 0.15) is 5.75 Å². The van der Waals surface area contributed by atoms with Crippen LogP contribution >= 0.6 is 34.8 Å². The predicted molar refractivity (Wildman–Crippen MR) is 250 cm³/mol. The topological polar surface area (TPSA) is 230 Å². The standard InChI is InChI=1S/C13H16O2.C10H11ClO2.C9H10O4S.C8H7ClO3.C8H7ClO2/c1-10-5-4-6-11(9-10)13(12(14)15)7-2-3-8-13;1-7(6-10(12)13)8-2-4-9(11)5-3-8;10-9(11)6-7-14(12,13)8-4-2-1-3-5-8;9-6-2-1-3-7(4-6)12-5-8(10)11;1-5-2-3-7(9)6(4-5)8(10)11/h4-6,9H,2-3,7-8H2,1H3,(H,14,15);2-5,7H,6H2,1H3,(H,12,13);1-5H,6-7H2,(H,10,11);1-4H,5H2,(H,10,11);2-4H,1H3,(H,10,11). The second-order valence-corrected chi connectivity index (χ2v) is 18.1. The van der Waals surface area contributed by atoms with Crippen LogP contribution in [0, 0.1) is 13.8 Å². The Bertz CT molecular complexity index is 2450. The molecule has 0 heterocycles. The summed E-state index contributed by atoms with van der Waals surface area (Å²) in [5, 5.41) is 44.7. The predicted octanol–water partition coefficient (Wildman–Crippen LogP) is 10.9. The number of aromatic carboxylic acids is 1. The van der Waals surface area contributed by atoms with E-state index in [0.29, 0.717) is 15.8 Å². The van der Waals surface area contributed by atoms with E-state index in [-0.39, 0.29) is 46.6 Å². The van der Waals surface area contributed by atoms with Crippen molar-refractivity contribution in [2.45, 2.75) is 75.5 Å². The van der Waals surface area contributed by atoms with Crippen molar-refractivity contribution in [3.05, 3.63) is 164 Å². The van der Waals surface area contributed by atoms with Gasteiger partial charge in [-0.3, -0.25) is 14.4 Å². The van der Waals surface area contributed by atoms with Crippen LogP contribution in [0.4, 0.5) is 0 Å². The number of benzene rings is 5. The van der Waals surface area contributed by atoms with E-state index < -0.39 is 45.1 Å². The van der Waals surface area contributed by atoms with E-state index in [2.05, 4.69) is 0 Å². The van der Waals surface area contributed by atoms with Crippen molar-refractivity contribution in [2.75, 3.05) is 12.4 Å². The molecule has 0 aromatic heterocycles. The van der Waals surface area contributed by atoms with Gasteiger partial charge in [0.25, 0.3) is 0 Å². The summed E-state index contributed by atoms with van der Waals surface area (Å²) in [5.41, 5.74) is 3.57. The Labute approximate surface area is 393 Å². The van der Waals surface area contributed by atoms with Crippen molar-refractivity contribution < 1.29 is 62.7 Å². The van der Waals surface area contributed by atoms with Crippen LogP contribution < -0.4 is 4.74 Å². The van der Waals surface area contributed by atoms with Gasteiger partial charge in [0.15, 0.2) is 16.4 Å². The molecule has 65 heavy (non-hydrogen) atoms. The summed E-state index contributed by atoms with van der Waals surface area (Å²) in [6.07, 6.45) is 3.41. The molecule has 1 atom stereocenters. The fraction of sp³-hybridized carbons (Fsp3) is 0.271. The number of aliphatic carboxylic acids is 4. The van der Waals surface area contributed by atoms with Gasteiger partial charge in [0.05, 0.1) is 39.5 Å². The summed E-state index contributed by atoms with van der Waals surface area (Å²) in [6.45, 7) is 5.37. The molecule has 0 radical (unpaired) electrons. The largest absolute Gasteiger partial charge is 0.482 e. The minimum Gasteiger partial charge on any atom is -0.482 e. The smallest absolute Gasteiger partial charge is 0.341 e. The number of halogens is 3. The maximum absolute atomic E-state index is 11.5. The zero-order chi connectivity index (χ0) is 48.7. The summed E-state index contributed by atoms with van der Waals surface area (Å²) < 4.78 is 27.8. The van der Waals surface area contributed by atoms with Crippen molar-refractivity contribution in [1.82, 2.24) is 0 Å². The van der Waals surface area contributed by atoms with Gasteiger partial charge in [-0.05, 0) is 98.3 Å². The first-order valence-corrected chi connectivity index (χ1v) is 22.7. The summed E-state index contributed by atoms with van der Waals surface area (Å²) in [4.78, 5) is 52.8. The van der Waals surface area contributed by atoms with Crippen molar-refractivity contribution in [1.29, 1.82) is 0 Å². The third kappa shape index (κ3) is 20.2. The molecule has 13 nitrogen and oxygen atoms in total. The SMILES string of the molecule is CC(CC(=O)O)c1ccc(Cl)cc1.Cc1ccc(Cl)c(C(=O)O)c1.Cc1cccc(C2(C(=O)O)CCCC2)c1.O=C(O)CCS(=O)(=O)c1ccccc1.O=C(O)COc1cccc(Cl)c1. The average Bonchev–Trinajstić information content (AvgIpc) is 3.77. The highest BCUT2D eigenvalue weighted by Crippen LogP contribution is 2.41. The Morgan fingerprint density at radius 3 is 1.77 bits per heavy atom. The maximum atomic E-state index is 11.5. The number of rotatable bonds is 13. The van der Waals surface area contributed by atoms with Gasteiger partial charge in [-0.2, -0.15) is 0 Å². The van der Waals surface area contributed by atoms with Crippen LogP contribution in [-0.4, -0.2) is 76.2 Å². The lowest BCUT2D eigenvalue weighted by atomic mass is 9.78. The van der Waals surface area contributed by atoms with Crippen LogP contribution in [0.25, 0.3) is 0 Å². The van der Waals surface area contributed by atoms with Gasteiger partial charge < -0.3 is 30.3 Å². The Morgan fingerprint density at radius 2 is 1.26 bits per heavy atom. The fourth-order valence-electron chi connectivity index (χ4n) is 6.19. The zero-order valence-corrected chi connectivity index (χ0v) is 38.9. The quantitative estimate of drug-likeness (QED) is 0.0740. The van der Waals surface area contributed by atoms with Crippen LogP contribution in [-0.2, 0) is 34.4 Å². The second kappa shape index (κ2) is 27.4. The minimum absolute atomic E-state index is 0.0368. The highest BCUT2D eigenvalue weighted by molar-refractivity contribution is 7.91. The number of carboxylic acid groups (broad SMARTS) is 5. The van der Waals surface area contributed by atoms with Gasteiger partial charge in [-0.25, -0.2) is 18.0 Å². The first kappa shape index (κ1) is 55.2. The number of carbonyl (C=O) groups is 5. The molecule has 5 aromatic carbocycles. The average molecular weight is 974 g/mol. The molecule has 5 N–H and O–H groups in total. The van der Waals surface area contributed by atoms with Crippen LogP contribution in [0.15, 0.2) is 126 Å². The summed E-state index contributed by atoms with van der Waals surface area (Å²) in [7, 11) is -3.44. The molecule has 1 unspecified atom stereocenters. The summed E-state index contributed by atoms with van der Waals surface area (Å²) in [5.74, 6) is -4.39. The van der Waals surface area contributed by atoms with E-state index in [1.807, 2.05) is 57.2 Å². The molecule has 1 aliphatic carbocycles. The zero-order valence-electron chi connectivity index (χ0n) is 35.8. The number of carboxylic acids is 5. The molecule has 348 valence electrons. The van der Waals surface area contributed by atoms with Crippen LogP contribution in [0.3, 0.4) is 0 Å².